The second-order valence-corrected chi connectivity index (χ2v) is 8.31. The maximum Gasteiger partial charge on any atom is 0.409 e. The summed E-state index contributed by atoms with van der Waals surface area (Å²) in [5, 5.41) is 2.99. The first-order chi connectivity index (χ1) is 12.7. The van der Waals surface area contributed by atoms with Gasteiger partial charge < -0.3 is 10.3 Å². The molecule has 4 nitrogen and oxygen atoms in total. The van der Waals surface area contributed by atoms with E-state index < -0.39 is 27.9 Å². The van der Waals surface area contributed by atoms with Gasteiger partial charge >= 0.3 is 6.18 Å². The molecule has 3 aromatic rings. The third-order valence-corrected chi connectivity index (χ3v) is 6.42. The minimum atomic E-state index is -4.47. The van der Waals surface area contributed by atoms with Gasteiger partial charge in [-0.1, -0.05) is 12.1 Å². The smallest absolute Gasteiger partial charge is 0.357 e. The van der Waals surface area contributed by atoms with Gasteiger partial charge in [0, 0.05) is 23.1 Å². The van der Waals surface area contributed by atoms with Crippen molar-refractivity contribution in [1.82, 2.24) is 10.3 Å². The van der Waals surface area contributed by atoms with Crippen molar-refractivity contribution >= 4 is 20.7 Å². The Morgan fingerprint density at radius 2 is 1.78 bits per heavy atom. The molecule has 27 heavy (non-hydrogen) atoms. The molecule has 0 bridgehead atoms. The van der Waals surface area contributed by atoms with Crippen LogP contribution in [0.3, 0.4) is 0 Å². The van der Waals surface area contributed by atoms with Gasteiger partial charge in [-0.05, 0) is 42.3 Å². The molecule has 0 saturated heterocycles. The van der Waals surface area contributed by atoms with Crippen LogP contribution in [0.5, 0.6) is 0 Å². The number of hydrogen-bond acceptors (Lipinski definition) is 3. The Hall–Kier alpha value is -2.39. The molecule has 0 aliphatic carbocycles. The number of nitrogens with one attached hydrogen (secondary N) is 2. The molecule has 9 heteroatoms. The van der Waals surface area contributed by atoms with E-state index in [1.54, 1.807) is 0 Å². The normalized spacial score (nSPS) is 17.9. The Morgan fingerprint density at radius 3 is 2.48 bits per heavy atom. The zero-order chi connectivity index (χ0) is 19.4. The van der Waals surface area contributed by atoms with Crippen LogP contribution in [-0.4, -0.2) is 26.1 Å². The minimum Gasteiger partial charge on any atom is -0.357 e. The fourth-order valence-corrected chi connectivity index (χ4v) is 4.75. The van der Waals surface area contributed by atoms with Crippen LogP contribution in [-0.2, 0) is 16.3 Å². The van der Waals surface area contributed by atoms with Crippen LogP contribution in [0, 0.1) is 5.82 Å². The van der Waals surface area contributed by atoms with Gasteiger partial charge in [0.2, 0.25) is 9.84 Å². The van der Waals surface area contributed by atoms with Gasteiger partial charge in [-0.3, -0.25) is 0 Å². The highest BCUT2D eigenvalue weighted by atomic mass is 32.2. The number of fused-ring (bicyclic) bond motifs is 3. The summed E-state index contributed by atoms with van der Waals surface area (Å²) in [7, 11) is -3.99. The molecule has 1 aliphatic heterocycles. The summed E-state index contributed by atoms with van der Waals surface area (Å²) in [6, 6.07) is 6.89. The second kappa shape index (κ2) is 6.07. The molecule has 1 unspecified atom stereocenters. The number of H-pyrrole nitrogens is 1. The van der Waals surface area contributed by atoms with Gasteiger partial charge in [0.15, 0.2) is 0 Å². The number of sulfone groups is 1. The second-order valence-electron chi connectivity index (χ2n) is 6.36. The van der Waals surface area contributed by atoms with Gasteiger partial charge in [-0.2, -0.15) is 13.2 Å². The topological polar surface area (TPSA) is 62.0 Å². The molecule has 2 aromatic carbocycles. The monoisotopic (exact) mass is 398 g/mol. The molecule has 0 radical (unpaired) electrons. The van der Waals surface area contributed by atoms with Crippen molar-refractivity contribution in [2.24, 2.45) is 0 Å². The van der Waals surface area contributed by atoms with Crippen molar-refractivity contribution in [3.8, 4) is 0 Å². The van der Waals surface area contributed by atoms with Crippen LogP contribution in [0.2, 0.25) is 0 Å². The van der Waals surface area contributed by atoms with Gasteiger partial charge in [-0.25, -0.2) is 12.8 Å². The summed E-state index contributed by atoms with van der Waals surface area (Å²) < 4.78 is 78.6. The van der Waals surface area contributed by atoms with Crippen LogP contribution < -0.4 is 5.32 Å². The molecule has 2 heterocycles. The van der Waals surface area contributed by atoms with E-state index in [9.17, 15) is 26.0 Å². The van der Waals surface area contributed by atoms with Gasteiger partial charge in [0.05, 0.1) is 9.79 Å². The molecular weight excluding hydrogens is 384 g/mol. The lowest BCUT2D eigenvalue weighted by Crippen LogP contribution is -2.39. The first-order valence-corrected chi connectivity index (χ1v) is 9.61. The van der Waals surface area contributed by atoms with Gasteiger partial charge in [0.1, 0.15) is 11.9 Å². The van der Waals surface area contributed by atoms with Crippen molar-refractivity contribution in [3.05, 3.63) is 59.5 Å². The Bertz CT molecular complexity index is 1140. The largest absolute Gasteiger partial charge is 0.409 e. The van der Waals surface area contributed by atoms with Crippen molar-refractivity contribution < 1.29 is 26.0 Å². The molecular formula is C18H14F4N2O2S. The first kappa shape index (κ1) is 18.0. The van der Waals surface area contributed by atoms with Crippen molar-refractivity contribution in [2.45, 2.75) is 28.4 Å². The zero-order valence-corrected chi connectivity index (χ0v) is 14.6. The highest BCUT2D eigenvalue weighted by Gasteiger charge is 2.44. The summed E-state index contributed by atoms with van der Waals surface area (Å²) in [5.41, 5.74) is 0.834. The summed E-state index contributed by atoms with van der Waals surface area (Å²) >= 11 is 0. The number of halogens is 4. The summed E-state index contributed by atoms with van der Waals surface area (Å²) in [5.74, 6) is -0.688. The number of hydrogen-bond donors (Lipinski definition) is 2. The van der Waals surface area contributed by atoms with E-state index in [2.05, 4.69) is 10.3 Å². The fraction of sp³-hybridized carbons (Fsp3) is 0.222. The quantitative estimate of drug-likeness (QED) is 0.644. The van der Waals surface area contributed by atoms with E-state index in [4.69, 9.17) is 0 Å². The van der Waals surface area contributed by atoms with Gasteiger partial charge in [0.25, 0.3) is 0 Å². The third kappa shape index (κ3) is 3.00. The SMILES string of the molecule is O=S(=O)(c1cccc(F)c1)c1ccc2c3c([nH]c2c1)C(C(F)(F)F)NCC3. The Kier molecular flexibility index (Phi) is 4.04. The van der Waals surface area contributed by atoms with Crippen LogP contribution in [0.15, 0.2) is 52.3 Å². The van der Waals surface area contributed by atoms with E-state index in [0.717, 1.165) is 12.1 Å². The van der Waals surface area contributed by atoms with Crippen molar-refractivity contribution in [1.29, 1.82) is 0 Å². The number of alkyl halides is 3. The lowest BCUT2D eigenvalue weighted by molar-refractivity contribution is -0.159. The maximum atomic E-state index is 13.4. The molecule has 1 atom stereocenters. The molecule has 142 valence electrons. The minimum absolute atomic E-state index is 0.00375. The molecule has 0 saturated carbocycles. The molecule has 0 spiro atoms. The lowest BCUT2D eigenvalue weighted by atomic mass is 9.99. The molecule has 4 rings (SSSR count). The highest BCUT2D eigenvalue weighted by molar-refractivity contribution is 7.91. The van der Waals surface area contributed by atoms with Crippen molar-refractivity contribution in [3.63, 3.8) is 0 Å². The standard InChI is InChI=1S/C18H14F4N2O2S/c19-10-2-1-3-11(8-10)27(25,26)12-4-5-13-14-6-7-23-17(18(20,21)22)16(14)24-15(13)9-12/h1-5,8-9,17,23-24H,6-7H2. The average Bonchev–Trinajstić information content (AvgIpc) is 2.98. The molecule has 0 fully saturated rings. The fourth-order valence-electron chi connectivity index (χ4n) is 3.43. The first-order valence-electron chi connectivity index (χ1n) is 8.13. The average molecular weight is 398 g/mol. The predicted octanol–water partition coefficient (Wildman–Crippen LogP) is 3.89. The third-order valence-electron chi connectivity index (χ3n) is 4.67. The van der Waals surface area contributed by atoms with E-state index >= 15 is 0 Å². The van der Waals surface area contributed by atoms with E-state index in [1.807, 2.05) is 0 Å². The Balaban J connectivity index is 1.85. The Morgan fingerprint density at radius 1 is 1.04 bits per heavy atom. The molecule has 1 aromatic heterocycles. The van der Waals surface area contributed by atoms with Crippen LogP contribution in [0.1, 0.15) is 17.3 Å². The van der Waals surface area contributed by atoms with Crippen LogP contribution >= 0.6 is 0 Å². The number of benzene rings is 2. The Labute approximate surface area is 152 Å². The number of aromatic amines is 1. The zero-order valence-electron chi connectivity index (χ0n) is 13.8. The summed E-state index contributed by atoms with van der Waals surface area (Å²) in [6.07, 6.45) is -4.07. The molecule has 1 aliphatic rings. The molecule has 2 N–H and O–H groups in total. The van der Waals surface area contributed by atoms with Gasteiger partial charge in [-0.15, -0.1) is 0 Å². The van der Waals surface area contributed by atoms with E-state index in [1.165, 1.54) is 30.3 Å². The van der Waals surface area contributed by atoms with Crippen molar-refractivity contribution in [2.75, 3.05) is 6.54 Å². The lowest BCUT2D eigenvalue weighted by Gasteiger charge is -2.26. The highest BCUT2D eigenvalue weighted by Crippen LogP contribution is 2.39. The predicted molar refractivity (Wildman–Crippen MR) is 90.7 cm³/mol. The summed E-state index contributed by atoms with van der Waals surface area (Å²) in [4.78, 5) is 2.40. The van der Waals surface area contributed by atoms with Crippen LogP contribution in [0.25, 0.3) is 10.9 Å². The van der Waals surface area contributed by atoms with E-state index in [0.29, 0.717) is 22.9 Å². The van der Waals surface area contributed by atoms with Crippen LogP contribution in [0.4, 0.5) is 17.6 Å². The van der Waals surface area contributed by atoms with E-state index in [-0.39, 0.29) is 22.0 Å². The number of rotatable bonds is 2. The molecule has 0 amide bonds. The number of aromatic nitrogens is 1. The summed E-state index contributed by atoms with van der Waals surface area (Å²) in [6.45, 7) is 0.174. The maximum absolute atomic E-state index is 13.4.